The van der Waals surface area contributed by atoms with Crippen molar-refractivity contribution in [3.05, 3.63) is 59.9 Å². The maximum atomic E-state index is 11.5. The van der Waals surface area contributed by atoms with Crippen molar-refractivity contribution in [3.8, 4) is 0 Å². The van der Waals surface area contributed by atoms with E-state index in [-0.39, 0.29) is 5.91 Å². The third-order valence-electron chi connectivity index (χ3n) is 3.93. The highest BCUT2D eigenvalue weighted by Gasteiger charge is 2.09. The number of nitrogens with zero attached hydrogens (tertiary/aromatic N) is 2. The molecule has 2 aromatic carbocycles. The number of carbonyl (C=O) groups excluding carboxylic acids is 1. The Balaban J connectivity index is 1.80. The number of fused-ring (bicyclic) bond motifs is 1. The van der Waals surface area contributed by atoms with Crippen LogP contribution in [0, 0.1) is 0 Å². The van der Waals surface area contributed by atoms with Gasteiger partial charge in [-0.25, -0.2) is 10.8 Å². The van der Waals surface area contributed by atoms with Crippen molar-refractivity contribution in [1.29, 1.82) is 0 Å². The first-order chi connectivity index (χ1) is 11.7. The number of nitrogens with two attached hydrogens (primary N) is 1. The number of hydrazine groups is 1. The van der Waals surface area contributed by atoms with Crippen LogP contribution in [0.15, 0.2) is 48.5 Å². The molecule has 0 aliphatic heterocycles. The van der Waals surface area contributed by atoms with E-state index in [1.54, 1.807) is 12.1 Å². The molecule has 3 rings (SSSR count). The maximum absolute atomic E-state index is 11.5. The summed E-state index contributed by atoms with van der Waals surface area (Å²) in [6, 6.07) is 15.4. The van der Waals surface area contributed by atoms with Gasteiger partial charge in [0, 0.05) is 17.7 Å². The third kappa shape index (κ3) is 3.23. The molecule has 0 spiro atoms. The Morgan fingerprint density at radius 2 is 1.92 bits per heavy atom. The highest BCUT2D eigenvalue weighted by Crippen LogP contribution is 2.18. The number of anilines is 1. The van der Waals surface area contributed by atoms with E-state index >= 15 is 0 Å². The van der Waals surface area contributed by atoms with Crippen molar-refractivity contribution in [2.24, 2.45) is 5.84 Å². The Hall–Kier alpha value is -2.86. The smallest absolute Gasteiger partial charge is 0.265 e. The number of amides is 1. The number of carbonyl (C=O) groups is 1. The summed E-state index contributed by atoms with van der Waals surface area (Å²) in [4.78, 5) is 16.2. The highest BCUT2D eigenvalue weighted by molar-refractivity contribution is 5.94. The number of rotatable bonds is 6. The Morgan fingerprint density at radius 3 is 2.62 bits per heavy atom. The van der Waals surface area contributed by atoms with Gasteiger partial charge < -0.3 is 9.88 Å². The molecule has 124 valence electrons. The van der Waals surface area contributed by atoms with Crippen LogP contribution in [0.2, 0.25) is 0 Å². The number of aryl methyl sites for hydroxylation is 1. The summed E-state index contributed by atoms with van der Waals surface area (Å²) >= 11 is 0. The van der Waals surface area contributed by atoms with Crippen LogP contribution in [0.1, 0.15) is 29.5 Å². The predicted octanol–water partition coefficient (Wildman–Crippen LogP) is 2.66. The second-order valence-electron chi connectivity index (χ2n) is 5.58. The fourth-order valence-corrected chi connectivity index (χ4v) is 2.71. The SMILES string of the molecule is CCCc1nc2ccccc2n1CNc1ccc(C(=O)NN)cc1. The van der Waals surface area contributed by atoms with Crippen LogP contribution in [0.25, 0.3) is 11.0 Å². The lowest BCUT2D eigenvalue weighted by Crippen LogP contribution is -2.29. The van der Waals surface area contributed by atoms with Crippen LogP contribution in [-0.2, 0) is 13.1 Å². The van der Waals surface area contributed by atoms with Gasteiger partial charge in [-0.2, -0.15) is 0 Å². The monoisotopic (exact) mass is 323 g/mol. The quantitative estimate of drug-likeness (QED) is 0.370. The molecule has 1 amide bonds. The van der Waals surface area contributed by atoms with Crippen LogP contribution >= 0.6 is 0 Å². The van der Waals surface area contributed by atoms with E-state index in [9.17, 15) is 4.79 Å². The van der Waals surface area contributed by atoms with E-state index < -0.39 is 0 Å². The van der Waals surface area contributed by atoms with E-state index in [1.807, 2.05) is 30.3 Å². The lowest BCUT2D eigenvalue weighted by atomic mass is 10.2. The molecule has 4 N–H and O–H groups in total. The highest BCUT2D eigenvalue weighted by atomic mass is 16.2. The average molecular weight is 323 g/mol. The first kappa shape index (κ1) is 16.0. The number of nitrogens with one attached hydrogen (secondary N) is 2. The molecule has 0 saturated heterocycles. The molecule has 0 radical (unpaired) electrons. The van der Waals surface area contributed by atoms with Crippen molar-refractivity contribution < 1.29 is 4.79 Å². The minimum Gasteiger partial charge on any atom is -0.367 e. The molecular weight excluding hydrogens is 302 g/mol. The van der Waals surface area contributed by atoms with Gasteiger partial charge in [0.1, 0.15) is 5.82 Å². The molecular formula is C18H21N5O. The zero-order valence-electron chi connectivity index (χ0n) is 13.6. The van der Waals surface area contributed by atoms with Crippen molar-refractivity contribution in [1.82, 2.24) is 15.0 Å². The molecule has 0 unspecified atom stereocenters. The molecule has 0 saturated carbocycles. The van der Waals surface area contributed by atoms with Gasteiger partial charge in [-0.15, -0.1) is 0 Å². The van der Waals surface area contributed by atoms with Gasteiger partial charge in [0.25, 0.3) is 5.91 Å². The van der Waals surface area contributed by atoms with Crippen LogP contribution in [0.5, 0.6) is 0 Å². The lowest BCUT2D eigenvalue weighted by molar-refractivity contribution is 0.0953. The maximum Gasteiger partial charge on any atom is 0.265 e. The summed E-state index contributed by atoms with van der Waals surface area (Å²) in [5, 5.41) is 3.38. The van der Waals surface area contributed by atoms with Crippen LogP contribution in [-0.4, -0.2) is 15.5 Å². The fourth-order valence-electron chi connectivity index (χ4n) is 2.71. The molecule has 0 fully saturated rings. The van der Waals surface area contributed by atoms with E-state index in [2.05, 4.69) is 28.3 Å². The third-order valence-corrected chi connectivity index (χ3v) is 3.93. The van der Waals surface area contributed by atoms with Gasteiger partial charge in [-0.3, -0.25) is 10.2 Å². The molecule has 6 nitrogen and oxygen atoms in total. The number of para-hydroxylation sites is 2. The zero-order valence-corrected chi connectivity index (χ0v) is 13.6. The second kappa shape index (κ2) is 7.14. The first-order valence-electron chi connectivity index (χ1n) is 8.02. The number of benzene rings is 2. The summed E-state index contributed by atoms with van der Waals surface area (Å²) in [6.45, 7) is 2.77. The van der Waals surface area contributed by atoms with Crippen molar-refractivity contribution in [2.75, 3.05) is 5.32 Å². The zero-order chi connectivity index (χ0) is 16.9. The average Bonchev–Trinajstić information content (AvgIpc) is 2.97. The Kier molecular flexibility index (Phi) is 4.77. The van der Waals surface area contributed by atoms with E-state index in [4.69, 9.17) is 10.8 Å². The van der Waals surface area contributed by atoms with Gasteiger partial charge in [0.15, 0.2) is 0 Å². The van der Waals surface area contributed by atoms with Crippen molar-refractivity contribution in [2.45, 2.75) is 26.4 Å². The number of hydrogen-bond acceptors (Lipinski definition) is 4. The van der Waals surface area contributed by atoms with E-state index in [1.165, 1.54) is 0 Å². The molecule has 0 bridgehead atoms. The summed E-state index contributed by atoms with van der Waals surface area (Å²) in [6.07, 6.45) is 1.98. The van der Waals surface area contributed by atoms with Gasteiger partial charge in [-0.05, 0) is 42.8 Å². The molecule has 0 aliphatic carbocycles. The summed E-state index contributed by atoms with van der Waals surface area (Å²) in [5.41, 5.74) is 5.72. The Labute approximate surface area is 140 Å². The standard InChI is InChI=1S/C18H21N5O/c1-2-5-17-21-15-6-3-4-7-16(15)23(17)12-20-14-10-8-13(9-11-14)18(24)22-19/h3-4,6-11,20H,2,5,12,19H2,1H3,(H,22,24). The summed E-state index contributed by atoms with van der Waals surface area (Å²) in [5.74, 6) is 5.91. The number of aromatic nitrogens is 2. The molecule has 0 aliphatic rings. The molecule has 24 heavy (non-hydrogen) atoms. The number of imidazole rings is 1. The van der Waals surface area contributed by atoms with Crippen LogP contribution in [0.4, 0.5) is 5.69 Å². The minimum atomic E-state index is -0.299. The summed E-state index contributed by atoms with van der Waals surface area (Å²) in [7, 11) is 0. The minimum absolute atomic E-state index is 0.299. The number of nitrogen functional groups attached to an aromatic ring is 1. The van der Waals surface area contributed by atoms with Crippen LogP contribution < -0.4 is 16.6 Å². The lowest BCUT2D eigenvalue weighted by Gasteiger charge is -2.12. The largest absolute Gasteiger partial charge is 0.367 e. The van der Waals surface area contributed by atoms with Gasteiger partial charge in [0.05, 0.1) is 17.7 Å². The normalized spacial score (nSPS) is 10.8. The predicted molar refractivity (Wildman–Crippen MR) is 95.4 cm³/mol. The molecule has 1 heterocycles. The van der Waals surface area contributed by atoms with Crippen LogP contribution in [0.3, 0.4) is 0 Å². The van der Waals surface area contributed by atoms with Crippen molar-refractivity contribution in [3.63, 3.8) is 0 Å². The van der Waals surface area contributed by atoms with E-state index in [0.717, 1.165) is 35.4 Å². The fraction of sp³-hybridized carbons (Fsp3) is 0.222. The van der Waals surface area contributed by atoms with Gasteiger partial charge in [-0.1, -0.05) is 19.1 Å². The molecule has 0 atom stereocenters. The Morgan fingerprint density at radius 1 is 1.17 bits per heavy atom. The molecule has 1 aromatic heterocycles. The van der Waals surface area contributed by atoms with Gasteiger partial charge >= 0.3 is 0 Å². The summed E-state index contributed by atoms with van der Waals surface area (Å²) < 4.78 is 2.19. The van der Waals surface area contributed by atoms with E-state index in [0.29, 0.717) is 12.2 Å². The van der Waals surface area contributed by atoms with Crippen molar-refractivity contribution >= 4 is 22.6 Å². The number of hydrogen-bond donors (Lipinski definition) is 3. The molecule has 6 heteroatoms. The molecule has 3 aromatic rings. The Bertz CT molecular complexity index is 838. The van der Waals surface area contributed by atoms with Gasteiger partial charge in [0.2, 0.25) is 0 Å². The second-order valence-corrected chi connectivity index (χ2v) is 5.58. The topological polar surface area (TPSA) is 85.0 Å². The first-order valence-corrected chi connectivity index (χ1v) is 8.02.